The molecule has 0 saturated carbocycles. The van der Waals surface area contributed by atoms with Gasteiger partial charge in [-0.2, -0.15) is 0 Å². The van der Waals surface area contributed by atoms with E-state index in [0.29, 0.717) is 0 Å². The van der Waals surface area contributed by atoms with E-state index in [1.807, 2.05) is 7.05 Å². The van der Waals surface area contributed by atoms with Crippen LogP contribution in [0.4, 0.5) is 0 Å². The third-order valence-electron chi connectivity index (χ3n) is 5.14. The quantitative estimate of drug-likeness (QED) is 0.391. The van der Waals surface area contributed by atoms with E-state index >= 15 is 0 Å². The van der Waals surface area contributed by atoms with Gasteiger partial charge in [-0.15, -0.1) is 34.2 Å². The molecule has 1 fully saturated rings. The van der Waals surface area contributed by atoms with Crippen molar-refractivity contribution in [1.82, 2.24) is 25.0 Å². The van der Waals surface area contributed by atoms with Gasteiger partial charge in [0.1, 0.15) is 12.2 Å². The molecule has 3 rings (SSSR count). The molecule has 0 aliphatic carbocycles. The molecule has 6 nitrogen and oxygen atoms in total. The average molecular weight is 482 g/mol. The Morgan fingerprint density at radius 3 is 2.63 bits per heavy atom. The van der Waals surface area contributed by atoms with E-state index in [9.17, 15) is 0 Å². The molecule has 0 atom stereocenters. The van der Waals surface area contributed by atoms with Crippen LogP contribution in [0.2, 0.25) is 0 Å². The molecule has 1 aliphatic heterocycles. The summed E-state index contributed by atoms with van der Waals surface area (Å²) in [6, 6.07) is 10.8. The first-order valence-corrected chi connectivity index (χ1v) is 9.66. The van der Waals surface area contributed by atoms with Gasteiger partial charge in [-0.05, 0) is 30.7 Å². The summed E-state index contributed by atoms with van der Waals surface area (Å²) in [4.78, 5) is 6.86. The van der Waals surface area contributed by atoms with Crippen LogP contribution in [0, 0.1) is 5.92 Å². The number of aryl methyl sites for hydroxylation is 1. The molecule has 148 valence electrons. The summed E-state index contributed by atoms with van der Waals surface area (Å²) >= 11 is 0. The molecule has 1 aliphatic rings. The van der Waals surface area contributed by atoms with Crippen molar-refractivity contribution in [3.05, 3.63) is 48.0 Å². The minimum absolute atomic E-state index is 0. The molecule has 0 radical (unpaired) electrons. The molecule has 1 N–H and O–H groups in total. The number of benzene rings is 1. The predicted octanol–water partition coefficient (Wildman–Crippen LogP) is 2.99. The highest BCUT2D eigenvalue weighted by molar-refractivity contribution is 14.0. The minimum Gasteiger partial charge on any atom is -0.354 e. The summed E-state index contributed by atoms with van der Waals surface area (Å²) in [5.74, 6) is 2.81. The fraction of sp³-hybridized carbons (Fsp3) is 0.550. The van der Waals surface area contributed by atoms with E-state index < -0.39 is 0 Å². The van der Waals surface area contributed by atoms with Crippen LogP contribution in [0.5, 0.6) is 0 Å². The van der Waals surface area contributed by atoms with Crippen LogP contribution in [-0.2, 0) is 19.4 Å². The van der Waals surface area contributed by atoms with Crippen molar-refractivity contribution in [1.29, 1.82) is 0 Å². The number of hydrogen-bond donors (Lipinski definition) is 1. The standard InChI is InChI=1S/C20H30N6.HI/c1-3-19-24-23-16-26(19)14-11-22-20(21-2)25-12-9-18(10-13-25)15-17-7-5-4-6-8-17;/h4-8,16,18H,3,9-15H2,1-2H3,(H,21,22);1H. The van der Waals surface area contributed by atoms with E-state index in [1.165, 1.54) is 24.8 Å². The number of likely N-dealkylation sites (tertiary alicyclic amines) is 1. The van der Waals surface area contributed by atoms with Crippen molar-refractivity contribution in [2.75, 3.05) is 26.7 Å². The molecule has 1 aromatic carbocycles. The summed E-state index contributed by atoms with van der Waals surface area (Å²) in [5, 5.41) is 11.6. The van der Waals surface area contributed by atoms with Gasteiger partial charge >= 0.3 is 0 Å². The highest BCUT2D eigenvalue weighted by atomic mass is 127. The molecule has 0 amide bonds. The first-order chi connectivity index (χ1) is 12.8. The van der Waals surface area contributed by atoms with E-state index in [-0.39, 0.29) is 24.0 Å². The minimum atomic E-state index is 0. The number of nitrogens with zero attached hydrogens (tertiary/aromatic N) is 5. The maximum absolute atomic E-state index is 4.47. The van der Waals surface area contributed by atoms with Crippen molar-refractivity contribution in [3.8, 4) is 0 Å². The first kappa shape index (κ1) is 21.7. The Labute approximate surface area is 179 Å². The summed E-state index contributed by atoms with van der Waals surface area (Å²) in [6.07, 6.45) is 6.35. The van der Waals surface area contributed by atoms with Crippen LogP contribution in [0.3, 0.4) is 0 Å². The summed E-state index contributed by atoms with van der Waals surface area (Å²) in [6.45, 7) is 5.95. The third-order valence-corrected chi connectivity index (χ3v) is 5.14. The van der Waals surface area contributed by atoms with Crippen LogP contribution >= 0.6 is 24.0 Å². The number of hydrogen-bond acceptors (Lipinski definition) is 3. The smallest absolute Gasteiger partial charge is 0.193 e. The van der Waals surface area contributed by atoms with E-state index in [1.54, 1.807) is 6.33 Å². The summed E-state index contributed by atoms with van der Waals surface area (Å²) in [7, 11) is 1.87. The van der Waals surface area contributed by atoms with Gasteiger partial charge in [-0.25, -0.2) is 0 Å². The number of guanidine groups is 1. The summed E-state index contributed by atoms with van der Waals surface area (Å²) < 4.78 is 2.10. The molecule has 2 aromatic rings. The Morgan fingerprint density at radius 2 is 1.96 bits per heavy atom. The van der Waals surface area contributed by atoms with Gasteiger partial charge < -0.3 is 14.8 Å². The van der Waals surface area contributed by atoms with Gasteiger partial charge in [0.15, 0.2) is 5.96 Å². The van der Waals surface area contributed by atoms with Gasteiger partial charge in [-0.3, -0.25) is 4.99 Å². The molecule has 1 saturated heterocycles. The highest BCUT2D eigenvalue weighted by Crippen LogP contribution is 2.21. The van der Waals surface area contributed by atoms with Crippen molar-refractivity contribution in [2.24, 2.45) is 10.9 Å². The zero-order chi connectivity index (χ0) is 18.2. The van der Waals surface area contributed by atoms with E-state index in [0.717, 1.165) is 50.3 Å². The normalized spacial score (nSPS) is 15.5. The molecule has 7 heteroatoms. The Bertz CT molecular complexity index is 692. The fourth-order valence-electron chi connectivity index (χ4n) is 3.66. The van der Waals surface area contributed by atoms with Gasteiger partial charge in [-0.1, -0.05) is 37.3 Å². The van der Waals surface area contributed by atoms with Crippen molar-refractivity contribution >= 4 is 29.9 Å². The zero-order valence-corrected chi connectivity index (χ0v) is 18.7. The van der Waals surface area contributed by atoms with Crippen LogP contribution < -0.4 is 5.32 Å². The lowest BCUT2D eigenvalue weighted by molar-refractivity contribution is 0.259. The van der Waals surface area contributed by atoms with Crippen LogP contribution in [0.15, 0.2) is 41.7 Å². The predicted molar refractivity (Wildman–Crippen MR) is 121 cm³/mol. The van der Waals surface area contributed by atoms with Crippen LogP contribution in [-0.4, -0.2) is 52.3 Å². The van der Waals surface area contributed by atoms with Crippen molar-refractivity contribution in [3.63, 3.8) is 0 Å². The number of aliphatic imine (C=N–C) groups is 1. The molecule has 0 unspecified atom stereocenters. The lowest BCUT2D eigenvalue weighted by Gasteiger charge is -2.34. The van der Waals surface area contributed by atoms with Crippen LogP contribution in [0.25, 0.3) is 0 Å². The molecular weight excluding hydrogens is 451 g/mol. The highest BCUT2D eigenvalue weighted by Gasteiger charge is 2.21. The number of halogens is 1. The van der Waals surface area contributed by atoms with E-state index in [4.69, 9.17) is 0 Å². The molecular formula is C20H31IN6. The number of piperidine rings is 1. The molecule has 0 spiro atoms. The lowest BCUT2D eigenvalue weighted by Crippen LogP contribution is -2.46. The van der Waals surface area contributed by atoms with Crippen LogP contribution in [0.1, 0.15) is 31.2 Å². The lowest BCUT2D eigenvalue weighted by atomic mass is 9.90. The maximum Gasteiger partial charge on any atom is 0.193 e. The molecule has 0 bridgehead atoms. The Kier molecular flexibility index (Phi) is 9.03. The second-order valence-corrected chi connectivity index (χ2v) is 6.89. The summed E-state index contributed by atoms with van der Waals surface area (Å²) in [5.41, 5.74) is 1.45. The van der Waals surface area contributed by atoms with Gasteiger partial charge in [0.25, 0.3) is 0 Å². The maximum atomic E-state index is 4.47. The van der Waals surface area contributed by atoms with E-state index in [2.05, 4.69) is 67.2 Å². The van der Waals surface area contributed by atoms with Crippen molar-refractivity contribution in [2.45, 2.75) is 39.2 Å². The SMILES string of the molecule is CCc1nncn1CCNC(=NC)N1CCC(Cc2ccccc2)CC1.I. The Hall–Kier alpha value is -1.64. The largest absolute Gasteiger partial charge is 0.354 e. The molecule has 2 heterocycles. The second kappa shape index (κ2) is 11.3. The topological polar surface area (TPSA) is 58.3 Å². The first-order valence-electron chi connectivity index (χ1n) is 9.66. The Balaban J connectivity index is 0.00000261. The molecule has 27 heavy (non-hydrogen) atoms. The molecule has 1 aromatic heterocycles. The third kappa shape index (κ3) is 6.19. The van der Waals surface area contributed by atoms with Gasteiger partial charge in [0, 0.05) is 39.6 Å². The average Bonchev–Trinajstić information content (AvgIpc) is 3.14. The number of rotatable bonds is 6. The second-order valence-electron chi connectivity index (χ2n) is 6.89. The number of aromatic nitrogens is 3. The van der Waals surface area contributed by atoms with Crippen molar-refractivity contribution < 1.29 is 0 Å². The zero-order valence-electron chi connectivity index (χ0n) is 16.3. The van der Waals surface area contributed by atoms with Gasteiger partial charge in [0.2, 0.25) is 0 Å². The fourth-order valence-corrected chi connectivity index (χ4v) is 3.66. The van der Waals surface area contributed by atoms with Gasteiger partial charge in [0.05, 0.1) is 0 Å². The Morgan fingerprint density at radius 1 is 1.22 bits per heavy atom. The number of nitrogens with one attached hydrogen (secondary N) is 1. The monoisotopic (exact) mass is 482 g/mol.